The maximum Gasteiger partial charge on any atom is 0.0894 e. The molecule has 0 aromatic carbocycles. The molecule has 3 heteroatoms. The second-order valence-corrected chi connectivity index (χ2v) is 4.66. The molecule has 0 bridgehead atoms. The fourth-order valence-electron chi connectivity index (χ4n) is 2.37. The van der Waals surface area contributed by atoms with Crippen LogP contribution in [0.15, 0.2) is 48.3 Å². The van der Waals surface area contributed by atoms with E-state index in [0.29, 0.717) is 0 Å². The molecule has 0 fully saturated rings. The van der Waals surface area contributed by atoms with Gasteiger partial charge in [0.15, 0.2) is 0 Å². The molecule has 0 saturated carbocycles. The van der Waals surface area contributed by atoms with Gasteiger partial charge in [0, 0.05) is 24.0 Å². The van der Waals surface area contributed by atoms with Gasteiger partial charge in [-0.25, -0.2) is 4.98 Å². The summed E-state index contributed by atoms with van der Waals surface area (Å²) in [6, 6.07) is 8.02. The quantitative estimate of drug-likeness (QED) is 0.910. The van der Waals surface area contributed by atoms with Gasteiger partial charge in [-0.15, -0.1) is 0 Å². The molecule has 0 amide bonds. The smallest absolute Gasteiger partial charge is 0.0894 e. The standard InChI is InChI=1S/C16H17N3.C2H6/c1-2-5-13-12(6-3-10-17-13)14-8-9-15-16(19-14)7-4-11-18-15;1-2/h3-4,6-9,11,17H,2,5,10H2,1H3;1-2H3. The van der Waals surface area contributed by atoms with Crippen molar-refractivity contribution in [1.82, 2.24) is 15.3 Å². The lowest BCUT2D eigenvalue weighted by Gasteiger charge is -2.17. The molecule has 0 atom stereocenters. The fourth-order valence-corrected chi connectivity index (χ4v) is 2.37. The molecule has 0 spiro atoms. The second kappa shape index (κ2) is 7.58. The number of hydrogen-bond acceptors (Lipinski definition) is 3. The topological polar surface area (TPSA) is 37.8 Å². The van der Waals surface area contributed by atoms with Crippen LogP contribution in [0.5, 0.6) is 0 Å². The lowest BCUT2D eigenvalue weighted by Crippen LogP contribution is -2.18. The van der Waals surface area contributed by atoms with Crippen molar-refractivity contribution in [2.75, 3.05) is 6.54 Å². The highest BCUT2D eigenvalue weighted by molar-refractivity contribution is 5.81. The molecule has 110 valence electrons. The molecule has 2 aromatic heterocycles. The molecular weight excluding hydrogens is 258 g/mol. The highest BCUT2D eigenvalue weighted by Crippen LogP contribution is 2.24. The molecule has 1 N–H and O–H groups in total. The van der Waals surface area contributed by atoms with Crippen LogP contribution >= 0.6 is 0 Å². The Kier molecular flexibility index (Phi) is 5.50. The van der Waals surface area contributed by atoms with Crippen molar-refractivity contribution >= 4 is 16.6 Å². The number of fused-ring (bicyclic) bond motifs is 1. The SMILES string of the molecule is CC.CCCC1=C(c2ccc3ncccc3n2)C=CCN1. The summed E-state index contributed by atoms with van der Waals surface area (Å²) in [6.45, 7) is 7.11. The van der Waals surface area contributed by atoms with Crippen LogP contribution in [0, 0.1) is 0 Å². The Morgan fingerprint density at radius 2 is 2.00 bits per heavy atom. The third-order valence-electron chi connectivity index (χ3n) is 3.28. The van der Waals surface area contributed by atoms with Crippen molar-refractivity contribution in [1.29, 1.82) is 0 Å². The van der Waals surface area contributed by atoms with Crippen LogP contribution < -0.4 is 5.32 Å². The minimum atomic E-state index is 0.911. The number of allylic oxidation sites excluding steroid dienone is 3. The molecule has 3 rings (SSSR count). The maximum absolute atomic E-state index is 4.72. The summed E-state index contributed by atoms with van der Waals surface area (Å²) in [5, 5.41) is 3.45. The van der Waals surface area contributed by atoms with Gasteiger partial charge >= 0.3 is 0 Å². The molecule has 21 heavy (non-hydrogen) atoms. The Labute approximate surface area is 126 Å². The van der Waals surface area contributed by atoms with Crippen LogP contribution in [-0.4, -0.2) is 16.5 Å². The van der Waals surface area contributed by atoms with Gasteiger partial charge in [-0.3, -0.25) is 4.98 Å². The average Bonchev–Trinajstić information content (AvgIpc) is 2.57. The van der Waals surface area contributed by atoms with E-state index in [4.69, 9.17) is 4.98 Å². The van der Waals surface area contributed by atoms with Crippen molar-refractivity contribution in [3.63, 3.8) is 0 Å². The molecular formula is C18H23N3. The van der Waals surface area contributed by atoms with E-state index in [0.717, 1.165) is 36.1 Å². The number of nitrogens with zero attached hydrogens (tertiary/aromatic N) is 2. The molecule has 0 unspecified atom stereocenters. The predicted molar refractivity (Wildman–Crippen MR) is 89.9 cm³/mol. The van der Waals surface area contributed by atoms with Crippen molar-refractivity contribution in [3.05, 3.63) is 54.0 Å². The number of rotatable bonds is 3. The van der Waals surface area contributed by atoms with Crippen LogP contribution in [0.2, 0.25) is 0 Å². The van der Waals surface area contributed by atoms with Gasteiger partial charge in [0.2, 0.25) is 0 Å². The van der Waals surface area contributed by atoms with Gasteiger partial charge in [-0.05, 0) is 30.7 Å². The number of nitrogens with one attached hydrogen (secondary N) is 1. The van der Waals surface area contributed by atoms with Crippen LogP contribution in [0.1, 0.15) is 39.3 Å². The van der Waals surface area contributed by atoms with Crippen LogP contribution in [0.25, 0.3) is 16.6 Å². The summed E-state index contributed by atoms with van der Waals surface area (Å²) in [5.74, 6) is 0. The van der Waals surface area contributed by atoms with Gasteiger partial charge in [-0.1, -0.05) is 39.3 Å². The second-order valence-electron chi connectivity index (χ2n) is 4.66. The molecule has 0 saturated heterocycles. The Bertz CT molecular complexity index is 656. The zero-order valence-corrected chi connectivity index (χ0v) is 13.1. The third kappa shape index (κ3) is 3.48. The highest BCUT2D eigenvalue weighted by Gasteiger charge is 2.11. The molecule has 3 heterocycles. The largest absolute Gasteiger partial charge is 0.384 e. The summed E-state index contributed by atoms with van der Waals surface area (Å²) >= 11 is 0. The monoisotopic (exact) mass is 281 g/mol. The van der Waals surface area contributed by atoms with Crippen molar-refractivity contribution < 1.29 is 0 Å². The number of aromatic nitrogens is 2. The van der Waals surface area contributed by atoms with E-state index in [1.54, 1.807) is 6.20 Å². The summed E-state index contributed by atoms with van der Waals surface area (Å²) in [7, 11) is 0. The number of hydrogen-bond donors (Lipinski definition) is 1. The molecule has 0 aliphatic carbocycles. The maximum atomic E-state index is 4.72. The summed E-state index contributed by atoms with van der Waals surface area (Å²) in [5.41, 5.74) is 5.41. The van der Waals surface area contributed by atoms with Crippen LogP contribution in [0.4, 0.5) is 0 Å². The van der Waals surface area contributed by atoms with E-state index in [1.807, 2.05) is 32.0 Å². The first-order chi connectivity index (χ1) is 10.4. The van der Waals surface area contributed by atoms with E-state index >= 15 is 0 Å². The lowest BCUT2D eigenvalue weighted by molar-refractivity contribution is 0.780. The minimum Gasteiger partial charge on any atom is -0.384 e. The number of dihydropyridines is 1. The van der Waals surface area contributed by atoms with Gasteiger partial charge < -0.3 is 5.32 Å². The summed E-state index contributed by atoms with van der Waals surface area (Å²) in [4.78, 5) is 9.03. The van der Waals surface area contributed by atoms with Crippen molar-refractivity contribution in [3.8, 4) is 0 Å². The molecule has 1 aliphatic heterocycles. The molecule has 0 radical (unpaired) electrons. The van der Waals surface area contributed by atoms with E-state index in [1.165, 1.54) is 11.3 Å². The van der Waals surface area contributed by atoms with E-state index in [-0.39, 0.29) is 0 Å². The van der Waals surface area contributed by atoms with Gasteiger partial charge in [0.05, 0.1) is 16.7 Å². The third-order valence-corrected chi connectivity index (χ3v) is 3.28. The summed E-state index contributed by atoms with van der Waals surface area (Å²) < 4.78 is 0. The minimum absolute atomic E-state index is 0.911. The Morgan fingerprint density at radius 3 is 2.81 bits per heavy atom. The average molecular weight is 281 g/mol. The Morgan fingerprint density at radius 1 is 1.14 bits per heavy atom. The molecule has 2 aromatic rings. The molecule has 3 nitrogen and oxygen atoms in total. The first-order valence-corrected chi connectivity index (χ1v) is 7.74. The highest BCUT2D eigenvalue weighted by atomic mass is 14.9. The number of pyridine rings is 2. The van der Waals surface area contributed by atoms with E-state index in [9.17, 15) is 0 Å². The Balaban J connectivity index is 0.000000774. The van der Waals surface area contributed by atoms with Gasteiger partial charge in [-0.2, -0.15) is 0 Å². The van der Waals surface area contributed by atoms with Crippen LogP contribution in [0.3, 0.4) is 0 Å². The van der Waals surface area contributed by atoms with Gasteiger partial charge in [0.25, 0.3) is 0 Å². The fraction of sp³-hybridized carbons (Fsp3) is 0.333. The zero-order chi connectivity index (χ0) is 15.1. The Hall–Kier alpha value is -2.16. The first-order valence-electron chi connectivity index (χ1n) is 7.74. The molecule has 1 aliphatic rings. The lowest BCUT2D eigenvalue weighted by atomic mass is 10.0. The van der Waals surface area contributed by atoms with Crippen molar-refractivity contribution in [2.45, 2.75) is 33.6 Å². The van der Waals surface area contributed by atoms with Gasteiger partial charge in [0.1, 0.15) is 0 Å². The summed E-state index contributed by atoms with van der Waals surface area (Å²) in [6.07, 6.45) is 8.31. The van der Waals surface area contributed by atoms with Crippen LogP contribution in [-0.2, 0) is 0 Å². The van der Waals surface area contributed by atoms with E-state index < -0.39 is 0 Å². The normalized spacial score (nSPS) is 13.7. The van der Waals surface area contributed by atoms with Crippen molar-refractivity contribution in [2.24, 2.45) is 0 Å². The first kappa shape index (κ1) is 15.2. The zero-order valence-electron chi connectivity index (χ0n) is 13.1. The predicted octanol–water partition coefficient (Wildman–Crippen LogP) is 4.33. The van der Waals surface area contributed by atoms with E-state index in [2.05, 4.69) is 35.4 Å².